The third kappa shape index (κ3) is 5.15. The SMILES string of the molecule is CCOC(=O)/C(=C/c1ccc(SC)c(OC)c1)CC(=O)O. The molecule has 1 aromatic rings. The first-order chi connectivity index (χ1) is 10.0. The van der Waals surface area contributed by atoms with Crippen molar-refractivity contribution in [2.45, 2.75) is 18.2 Å². The zero-order valence-corrected chi connectivity index (χ0v) is 13.0. The summed E-state index contributed by atoms with van der Waals surface area (Å²) in [5.41, 5.74) is 0.789. The fraction of sp³-hybridized carbons (Fsp3) is 0.333. The fourth-order valence-corrected chi connectivity index (χ4v) is 2.26. The van der Waals surface area contributed by atoms with E-state index in [9.17, 15) is 9.59 Å². The van der Waals surface area contributed by atoms with Crippen molar-refractivity contribution in [3.05, 3.63) is 29.3 Å². The minimum absolute atomic E-state index is 0.100. The number of hydrogen-bond acceptors (Lipinski definition) is 5. The van der Waals surface area contributed by atoms with Crippen LogP contribution in [0.4, 0.5) is 0 Å². The second-order valence-electron chi connectivity index (χ2n) is 4.07. The summed E-state index contributed by atoms with van der Waals surface area (Å²) < 4.78 is 10.1. The number of carbonyl (C=O) groups is 2. The first kappa shape index (κ1) is 17.1. The van der Waals surface area contributed by atoms with Crippen LogP contribution in [0.25, 0.3) is 6.08 Å². The molecule has 0 bridgehead atoms. The zero-order valence-electron chi connectivity index (χ0n) is 12.2. The summed E-state index contributed by atoms with van der Waals surface area (Å²) in [5.74, 6) is -1.02. The van der Waals surface area contributed by atoms with Crippen molar-refractivity contribution in [2.24, 2.45) is 0 Å². The zero-order chi connectivity index (χ0) is 15.8. The number of carbonyl (C=O) groups excluding carboxylic acids is 1. The largest absolute Gasteiger partial charge is 0.496 e. The van der Waals surface area contributed by atoms with Crippen LogP contribution in [0, 0.1) is 0 Å². The molecule has 1 N–H and O–H groups in total. The number of methoxy groups -OCH3 is 1. The number of aliphatic carboxylic acids is 1. The van der Waals surface area contributed by atoms with E-state index in [0.29, 0.717) is 11.3 Å². The molecule has 114 valence electrons. The van der Waals surface area contributed by atoms with Crippen molar-refractivity contribution in [3.63, 3.8) is 0 Å². The fourth-order valence-electron chi connectivity index (χ4n) is 1.71. The van der Waals surface area contributed by atoms with Gasteiger partial charge in [0.2, 0.25) is 0 Å². The Morgan fingerprint density at radius 1 is 1.38 bits per heavy atom. The molecule has 0 aliphatic carbocycles. The van der Waals surface area contributed by atoms with E-state index in [1.807, 2.05) is 12.3 Å². The van der Waals surface area contributed by atoms with E-state index >= 15 is 0 Å². The number of carboxylic acids is 1. The molecule has 1 rings (SSSR count). The minimum atomic E-state index is -1.08. The lowest BCUT2D eigenvalue weighted by Gasteiger charge is -2.08. The molecular weight excluding hydrogens is 292 g/mol. The Bertz CT molecular complexity index is 551. The molecule has 0 radical (unpaired) electrons. The van der Waals surface area contributed by atoms with E-state index in [1.54, 1.807) is 37.9 Å². The van der Waals surface area contributed by atoms with Crippen molar-refractivity contribution in [2.75, 3.05) is 20.0 Å². The van der Waals surface area contributed by atoms with Crippen LogP contribution < -0.4 is 4.74 Å². The molecular formula is C15H18O5S. The molecule has 0 spiro atoms. The van der Waals surface area contributed by atoms with E-state index in [4.69, 9.17) is 14.6 Å². The lowest BCUT2D eigenvalue weighted by molar-refractivity contribution is -0.142. The number of esters is 1. The van der Waals surface area contributed by atoms with E-state index < -0.39 is 11.9 Å². The topological polar surface area (TPSA) is 72.8 Å². The van der Waals surface area contributed by atoms with Crippen molar-refractivity contribution in [1.82, 2.24) is 0 Å². The van der Waals surface area contributed by atoms with Gasteiger partial charge in [0.15, 0.2) is 0 Å². The minimum Gasteiger partial charge on any atom is -0.496 e. The van der Waals surface area contributed by atoms with Crippen LogP contribution in [0.1, 0.15) is 18.9 Å². The van der Waals surface area contributed by atoms with Gasteiger partial charge in [0, 0.05) is 10.5 Å². The molecule has 5 nitrogen and oxygen atoms in total. The normalized spacial score (nSPS) is 11.1. The van der Waals surface area contributed by atoms with Crippen molar-refractivity contribution in [3.8, 4) is 5.75 Å². The van der Waals surface area contributed by atoms with E-state index in [2.05, 4.69) is 0 Å². The van der Waals surface area contributed by atoms with Crippen LogP contribution in [0.2, 0.25) is 0 Å². The Kier molecular flexibility index (Phi) is 6.81. The molecule has 0 amide bonds. The lowest BCUT2D eigenvalue weighted by Crippen LogP contribution is -2.11. The molecule has 0 heterocycles. The van der Waals surface area contributed by atoms with E-state index in [0.717, 1.165) is 4.90 Å². The highest BCUT2D eigenvalue weighted by molar-refractivity contribution is 7.98. The van der Waals surface area contributed by atoms with Gasteiger partial charge in [0.1, 0.15) is 5.75 Å². The van der Waals surface area contributed by atoms with Gasteiger partial charge in [-0.1, -0.05) is 6.07 Å². The Labute approximate surface area is 127 Å². The maximum atomic E-state index is 11.8. The highest BCUT2D eigenvalue weighted by Gasteiger charge is 2.15. The molecule has 0 aliphatic rings. The smallest absolute Gasteiger partial charge is 0.334 e. The van der Waals surface area contributed by atoms with E-state index in [1.165, 1.54) is 6.08 Å². The highest BCUT2D eigenvalue weighted by atomic mass is 32.2. The molecule has 0 fully saturated rings. The summed E-state index contributed by atoms with van der Waals surface area (Å²) in [6, 6.07) is 5.42. The van der Waals surface area contributed by atoms with Crippen LogP contribution in [-0.4, -0.2) is 37.0 Å². The second kappa shape index (κ2) is 8.36. The van der Waals surface area contributed by atoms with Crippen molar-refractivity contribution >= 4 is 29.8 Å². The summed E-state index contributed by atoms with van der Waals surface area (Å²) in [6.07, 6.45) is 3.06. The number of benzene rings is 1. The van der Waals surface area contributed by atoms with Crippen LogP contribution in [0.15, 0.2) is 28.7 Å². The van der Waals surface area contributed by atoms with Gasteiger partial charge in [0.25, 0.3) is 0 Å². The van der Waals surface area contributed by atoms with Crippen molar-refractivity contribution in [1.29, 1.82) is 0 Å². The molecule has 0 unspecified atom stereocenters. The average molecular weight is 310 g/mol. The Morgan fingerprint density at radius 3 is 2.62 bits per heavy atom. The third-order valence-electron chi connectivity index (χ3n) is 2.63. The number of thioether (sulfide) groups is 1. The van der Waals surface area contributed by atoms with Gasteiger partial charge in [-0.2, -0.15) is 0 Å². The molecule has 21 heavy (non-hydrogen) atoms. The number of ether oxygens (including phenoxy) is 2. The summed E-state index contributed by atoms with van der Waals surface area (Å²) in [4.78, 5) is 23.6. The summed E-state index contributed by atoms with van der Waals surface area (Å²) in [7, 11) is 1.56. The molecule has 0 atom stereocenters. The first-order valence-electron chi connectivity index (χ1n) is 6.33. The molecule has 0 saturated heterocycles. The van der Waals surface area contributed by atoms with Crippen molar-refractivity contribution < 1.29 is 24.2 Å². The summed E-state index contributed by atoms with van der Waals surface area (Å²) >= 11 is 1.54. The molecule has 0 saturated carbocycles. The average Bonchev–Trinajstić information content (AvgIpc) is 2.46. The number of hydrogen-bond donors (Lipinski definition) is 1. The molecule has 0 aromatic heterocycles. The number of carboxylic acid groups (broad SMARTS) is 1. The molecule has 6 heteroatoms. The van der Waals surface area contributed by atoms with Gasteiger partial charge < -0.3 is 14.6 Å². The Morgan fingerprint density at radius 2 is 2.10 bits per heavy atom. The van der Waals surface area contributed by atoms with Gasteiger partial charge in [-0.25, -0.2) is 4.79 Å². The van der Waals surface area contributed by atoms with E-state index in [-0.39, 0.29) is 18.6 Å². The monoisotopic (exact) mass is 310 g/mol. The molecule has 1 aromatic carbocycles. The predicted octanol–water partition coefficient (Wildman–Crippen LogP) is 2.84. The Balaban J connectivity index is 3.14. The summed E-state index contributed by atoms with van der Waals surface area (Å²) in [5, 5.41) is 8.89. The van der Waals surface area contributed by atoms with Gasteiger partial charge in [-0.05, 0) is 37.0 Å². The Hall–Kier alpha value is -1.95. The standard InChI is InChI=1S/C15H18O5S/c1-4-20-15(18)11(9-14(16)17)7-10-5-6-13(21-3)12(8-10)19-2/h5-8H,4,9H2,1-3H3,(H,16,17)/b11-7+. The maximum Gasteiger partial charge on any atom is 0.334 e. The van der Waals surface area contributed by atoms with Crippen LogP contribution in [0.5, 0.6) is 5.75 Å². The predicted molar refractivity (Wildman–Crippen MR) is 81.6 cm³/mol. The quantitative estimate of drug-likeness (QED) is 0.474. The van der Waals surface area contributed by atoms with Gasteiger partial charge in [-0.15, -0.1) is 11.8 Å². The summed E-state index contributed by atoms with van der Waals surface area (Å²) in [6.45, 7) is 1.87. The lowest BCUT2D eigenvalue weighted by atomic mass is 10.1. The van der Waals surface area contributed by atoms with Gasteiger partial charge in [-0.3, -0.25) is 4.79 Å². The van der Waals surface area contributed by atoms with Crippen LogP contribution >= 0.6 is 11.8 Å². The van der Waals surface area contributed by atoms with Gasteiger partial charge >= 0.3 is 11.9 Å². The third-order valence-corrected chi connectivity index (χ3v) is 3.40. The van der Waals surface area contributed by atoms with Crippen LogP contribution in [-0.2, 0) is 14.3 Å². The van der Waals surface area contributed by atoms with Crippen LogP contribution in [0.3, 0.4) is 0 Å². The highest BCUT2D eigenvalue weighted by Crippen LogP contribution is 2.29. The number of rotatable bonds is 7. The first-order valence-corrected chi connectivity index (χ1v) is 7.55. The maximum absolute atomic E-state index is 11.8. The molecule has 0 aliphatic heterocycles. The second-order valence-corrected chi connectivity index (χ2v) is 4.92. The van der Waals surface area contributed by atoms with Gasteiger partial charge in [0.05, 0.1) is 20.1 Å².